The van der Waals surface area contributed by atoms with Crippen LogP contribution in [0.1, 0.15) is 54.0 Å². The molecule has 1 aromatic carbocycles. The Kier molecular flexibility index (Phi) is 6.78. The molecule has 1 aliphatic rings. The van der Waals surface area contributed by atoms with Crippen molar-refractivity contribution in [2.45, 2.75) is 51.4 Å². The molecule has 0 atom stereocenters. The monoisotopic (exact) mass is 538 g/mol. The first kappa shape index (κ1) is 24.0. The first-order valence-electron chi connectivity index (χ1n) is 10.7. The number of carbonyl (C=O) groups excluding carboxylic acids is 2. The number of rotatable bonds is 8. The lowest BCUT2D eigenvalue weighted by Crippen LogP contribution is -2.19. The second kappa shape index (κ2) is 9.61. The van der Waals surface area contributed by atoms with Crippen LogP contribution in [0, 0.1) is 0 Å². The highest BCUT2D eigenvalue weighted by atomic mass is 79.9. The lowest BCUT2D eigenvalue weighted by molar-refractivity contribution is -0.142. The van der Waals surface area contributed by atoms with Crippen molar-refractivity contribution in [3.8, 4) is 0 Å². The summed E-state index contributed by atoms with van der Waals surface area (Å²) in [6.07, 6.45) is -1.61. The van der Waals surface area contributed by atoms with Crippen molar-refractivity contribution in [1.29, 1.82) is 0 Å². The average Bonchev–Trinajstić information content (AvgIpc) is 3.44. The molecule has 1 aliphatic carbocycles. The lowest BCUT2D eigenvalue weighted by atomic mass is 10.2. The molecule has 1 saturated carbocycles. The third kappa shape index (κ3) is 5.32. The first-order chi connectivity index (χ1) is 16.2. The Balaban J connectivity index is 1.47. The summed E-state index contributed by atoms with van der Waals surface area (Å²) in [5.41, 5.74) is 0.313. The number of hydrogen-bond donors (Lipinski definition) is 2. The molecule has 0 aliphatic heterocycles. The maximum absolute atomic E-state index is 13.3. The van der Waals surface area contributed by atoms with Crippen LogP contribution in [0.3, 0.4) is 0 Å². The van der Waals surface area contributed by atoms with E-state index in [9.17, 15) is 22.8 Å². The number of nitrogens with zero attached hydrogens (tertiary/aromatic N) is 4. The summed E-state index contributed by atoms with van der Waals surface area (Å²) in [6.45, 7) is 2.29. The smallest absolute Gasteiger partial charge is 0.323 e. The van der Waals surface area contributed by atoms with Gasteiger partial charge in [-0.1, -0.05) is 18.2 Å². The van der Waals surface area contributed by atoms with Crippen LogP contribution in [-0.2, 0) is 24.1 Å². The lowest BCUT2D eigenvalue weighted by Gasteiger charge is -2.08. The number of benzene rings is 1. The van der Waals surface area contributed by atoms with Gasteiger partial charge in [-0.15, -0.1) is 0 Å². The molecule has 0 radical (unpaired) electrons. The van der Waals surface area contributed by atoms with Crippen LogP contribution < -0.4 is 10.6 Å². The van der Waals surface area contributed by atoms with Crippen LogP contribution in [-0.4, -0.2) is 31.4 Å². The van der Waals surface area contributed by atoms with Gasteiger partial charge in [-0.2, -0.15) is 23.4 Å². The van der Waals surface area contributed by atoms with Gasteiger partial charge >= 0.3 is 6.18 Å². The van der Waals surface area contributed by atoms with Crippen molar-refractivity contribution in [3.63, 3.8) is 0 Å². The largest absolute Gasteiger partial charge is 0.436 e. The molecule has 2 heterocycles. The summed E-state index contributed by atoms with van der Waals surface area (Å²) < 4.78 is 42.6. The molecule has 180 valence electrons. The second-order valence-corrected chi connectivity index (χ2v) is 8.70. The maximum Gasteiger partial charge on any atom is 0.436 e. The van der Waals surface area contributed by atoms with Crippen molar-refractivity contribution < 1.29 is 22.8 Å². The number of aromatic nitrogens is 4. The fraction of sp³-hybridized carbons (Fsp3) is 0.364. The molecule has 34 heavy (non-hydrogen) atoms. The van der Waals surface area contributed by atoms with Crippen LogP contribution in [0.4, 0.5) is 24.5 Å². The van der Waals surface area contributed by atoms with E-state index in [1.807, 2.05) is 13.0 Å². The summed E-state index contributed by atoms with van der Waals surface area (Å²) in [5, 5.41) is 13.3. The highest BCUT2D eigenvalue weighted by molar-refractivity contribution is 9.10. The molecular weight excluding hydrogens is 517 g/mol. The molecule has 2 amide bonds. The zero-order chi connectivity index (χ0) is 24.5. The number of halogens is 4. The fourth-order valence-corrected chi connectivity index (χ4v) is 4.36. The summed E-state index contributed by atoms with van der Waals surface area (Å²) >= 11 is 3.04. The minimum absolute atomic E-state index is 0.00268. The average molecular weight is 539 g/mol. The minimum atomic E-state index is -4.59. The number of aryl methyl sites for hydroxylation is 2. The van der Waals surface area contributed by atoms with E-state index >= 15 is 0 Å². The van der Waals surface area contributed by atoms with Gasteiger partial charge in [-0.3, -0.25) is 19.0 Å². The van der Waals surface area contributed by atoms with Gasteiger partial charge in [0.2, 0.25) is 5.91 Å². The zero-order valence-electron chi connectivity index (χ0n) is 18.2. The summed E-state index contributed by atoms with van der Waals surface area (Å²) in [7, 11) is 0. The predicted octanol–water partition coefficient (Wildman–Crippen LogP) is 5.04. The van der Waals surface area contributed by atoms with E-state index < -0.39 is 23.7 Å². The number of alkyl halides is 3. The van der Waals surface area contributed by atoms with E-state index in [4.69, 9.17) is 0 Å². The van der Waals surface area contributed by atoms with Crippen molar-refractivity contribution in [2.75, 3.05) is 10.6 Å². The van der Waals surface area contributed by atoms with Gasteiger partial charge in [-0.25, -0.2) is 0 Å². The maximum atomic E-state index is 13.3. The van der Waals surface area contributed by atoms with Crippen LogP contribution in [0.25, 0.3) is 0 Å². The Morgan fingerprint density at radius 2 is 1.85 bits per heavy atom. The predicted molar refractivity (Wildman–Crippen MR) is 122 cm³/mol. The Hall–Kier alpha value is -3.15. The van der Waals surface area contributed by atoms with Crippen molar-refractivity contribution in [3.05, 3.63) is 58.1 Å². The molecule has 2 aromatic heterocycles. The Labute approximate surface area is 201 Å². The number of amides is 2. The zero-order valence-corrected chi connectivity index (χ0v) is 19.8. The van der Waals surface area contributed by atoms with Gasteiger partial charge in [0, 0.05) is 30.8 Å². The van der Waals surface area contributed by atoms with Gasteiger partial charge in [0.05, 0.1) is 22.4 Å². The van der Waals surface area contributed by atoms with Crippen LogP contribution >= 0.6 is 15.9 Å². The van der Waals surface area contributed by atoms with Crippen molar-refractivity contribution in [1.82, 2.24) is 19.6 Å². The van der Waals surface area contributed by atoms with Crippen molar-refractivity contribution >= 4 is 39.1 Å². The Bertz CT molecular complexity index is 1200. The molecule has 0 unspecified atom stereocenters. The number of nitrogens with one attached hydrogen (secondary N) is 2. The van der Waals surface area contributed by atoms with E-state index in [1.54, 1.807) is 30.5 Å². The molecular formula is C22H22BrF3N6O2. The van der Waals surface area contributed by atoms with Crippen LogP contribution in [0.2, 0.25) is 0 Å². The molecule has 8 nitrogen and oxygen atoms in total. The third-order valence-electron chi connectivity index (χ3n) is 5.32. The summed E-state index contributed by atoms with van der Waals surface area (Å²) in [6, 6.07) is 8.81. The molecule has 0 saturated heterocycles. The molecule has 12 heteroatoms. The van der Waals surface area contributed by atoms with E-state index in [0.29, 0.717) is 17.9 Å². The summed E-state index contributed by atoms with van der Waals surface area (Å²) in [5.74, 6) is -0.959. The topological polar surface area (TPSA) is 93.8 Å². The summed E-state index contributed by atoms with van der Waals surface area (Å²) in [4.78, 5) is 25.4. The minimum Gasteiger partial charge on any atom is -0.323 e. The van der Waals surface area contributed by atoms with E-state index in [-0.39, 0.29) is 34.7 Å². The van der Waals surface area contributed by atoms with Crippen LogP contribution in [0.5, 0.6) is 0 Å². The van der Waals surface area contributed by atoms with Gasteiger partial charge in [-0.05, 0) is 47.8 Å². The van der Waals surface area contributed by atoms with E-state index in [1.165, 1.54) is 9.36 Å². The van der Waals surface area contributed by atoms with E-state index in [2.05, 4.69) is 36.8 Å². The number of carbonyl (C=O) groups is 2. The SMILES string of the molecule is CCn1cc(NC(=O)CCn2nc(C(F)(F)F)c(Br)c2C2CC2)c(C(=O)Nc2ccccc2)n1. The Morgan fingerprint density at radius 1 is 1.15 bits per heavy atom. The van der Waals surface area contributed by atoms with Crippen molar-refractivity contribution in [2.24, 2.45) is 0 Å². The molecule has 1 fully saturated rings. The quantitative estimate of drug-likeness (QED) is 0.420. The molecule has 0 bridgehead atoms. The third-order valence-corrected chi connectivity index (χ3v) is 6.10. The number of para-hydroxylation sites is 1. The van der Waals surface area contributed by atoms with Gasteiger partial charge < -0.3 is 10.6 Å². The highest BCUT2D eigenvalue weighted by Gasteiger charge is 2.41. The molecule has 4 rings (SSSR count). The first-order valence-corrected chi connectivity index (χ1v) is 11.5. The molecule has 0 spiro atoms. The van der Waals surface area contributed by atoms with E-state index in [0.717, 1.165) is 12.8 Å². The normalized spacial score (nSPS) is 13.7. The number of hydrogen-bond acceptors (Lipinski definition) is 4. The highest BCUT2D eigenvalue weighted by Crippen LogP contribution is 2.47. The van der Waals surface area contributed by atoms with Gasteiger partial charge in [0.25, 0.3) is 5.91 Å². The Morgan fingerprint density at radius 3 is 2.47 bits per heavy atom. The second-order valence-electron chi connectivity index (χ2n) is 7.91. The fourth-order valence-electron chi connectivity index (χ4n) is 3.53. The molecule has 2 N–H and O–H groups in total. The van der Waals surface area contributed by atoms with Gasteiger partial charge in [0.15, 0.2) is 11.4 Å². The van der Waals surface area contributed by atoms with Gasteiger partial charge in [0.1, 0.15) is 0 Å². The molecule has 3 aromatic rings. The van der Waals surface area contributed by atoms with Crippen LogP contribution in [0.15, 0.2) is 41.0 Å². The standard InChI is InChI=1S/C22H22BrF3N6O2/c1-2-31-12-15(18(29-31)21(34)27-14-6-4-3-5-7-14)28-16(33)10-11-32-19(13-8-9-13)17(23)20(30-32)22(24,25)26/h3-7,12-13H,2,8-11H2,1H3,(H,27,34)(H,28,33). The number of anilines is 2.